The van der Waals surface area contributed by atoms with Crippen molar-refractivity contribution in [3.63, 3.8) is 0 Å². The largest absolute Gasteiger partial charge is 0.383 e. The lowest BCUT2D eigenvalue weighted by atomic mass is 9.86. The van der Waals surface area contributed by atoms with Gasteiger partial charge >= 0.3 is 0 Å². The number of nitrogens with two attached hydrogens (primary N) is 1. The van der Waals surface area contributed by atoms with E-state index < -0.39 is 5.54 Å². The number of nitrogens with zero attached hydrogens (tertiary/aromatic N) is 5. The van der Waals surface area contributed by atoms with E-state index in [1.807, 2.05) is 7.05 Å². The fourth-order valence-corrected chi connectivity index (χ4v) is 3.71. The molecule has 4 N–H and O–H groups in total. The van der Waals surface area contributed by atoms with Crippen LogP contribution in [0.1, 0.15) is 26.7 Å². The highest BCUT2D eigenvalue weighted by Crippen LogP contribution is 2.30. The third-order valence-corrected chi connectivity index (χ3v) is 5.58. The second kappa shape index (κ2) is 5.80. The van der Waals surface area contributed by atoms with Crippen LogP contribution in [0.25, 0.3) is 11.0 Å². The Morgan fingerprint density at radius 3 is 2.65 bits per heavy atom. The van der Waals surface area contributed by atoms with Crippen molar-refractivity contribution in [3.05, 3.63) is 6.20 Å². The fraction of sp³-hybridized carbons (Fsp3) is 0.647. The molecule has 1 spiro atoms. The highest BCUT2D eigenvalue weighted by molar-refractivity contribution is 5.88. The first-order valence-corrected chi connectivity index (χ1v) is 9.03. The van der Waals surface area contributed by atoms with Crippen LogP contribution in [0.3, 0.4) is 0 Å². The topological polar surface area (TPSA) is 114 Å². The molecule has 9 heteroatoms. The van der Waals surface area contributed by atoms with E-state index in [1.165, 1.54) is 0 Å². The summed E-state index contributed by atoms with van der Waals surface area (Å²) in [6, 6.07) is 0. The fourth-order valence-electron chi connectivity index (χ4n) is 3.71. The summed E-state index contributed by atoms with van der Waals surface area (Å²) in [6.45, 7) is 7.23. The number of carbonyl (C=O) groups excluding carboxylic acids is 1. The quantitative estimate of drug-likeness (QED) is 0.659. The molecule has 0 aromatic carbocycles. The number of carbonyl (C=O) groups is 1. The average Bonchev–Trinajstić information content (AvgIpc) is 2.95. The predicted molar refractivity (Wildman–Crippen MR) is 99.7 cm³/mol. The Bertz CT molecular complexity index is 850. The molecule has 0 bridgehead atoms. The number of anilines is 2. The van der Waals surface area contributed by atoms with Crippen LogP contribution in [-0.2, 0) is 11.8 Å². The van der Waals surface area contributed by atoms with Crippen molar-refractivity contribution >= 4 is 28.7 Å². The Labute approximate surface area is 152 Å². The molecule has 4 heterocycles. The second-order valence-electron chi connectivity index (χ2n) is 8.18. The highest BCUT2D eigenvalue weighted by atomic mass is 16.2. The van der Waals surface area contributed by atoms with Crippen molar-refractivity contribution < 1.29 is 4.79 Å². The molecule has 2 aromatic heterocycles. The Balaban J connectivity index is 1.55. The van der Waals surface area contributed by atoms with E-state index in [9.17, 15) is 4.79 Å². The van der Waals surface area contributed by atoms with Gasteiger partial charge in [0.05, 0.1) is 11.6 Å². The molecule has 2 fully saturated rings. The van der Waals surface area contributed by atoms with Crippen LogP contribution in [0.4, 0.5) is 11.8 Å². The molecule has 1 amide bonds. The van der Waals surface area contributed by atoms with Crippen molar-refractivity contribution in [1.82, 2.24) is 30.4 Å². The maximum absolute atomic E-state index is 12.7. The van der Waals surface area contributed by atoms with Crippen LogP contribution in [-0.4, -0.2) is 57.4 Å². The van der Waals surface area contributed by atoms with Crippen molar-refractivity contribution in [1.29, 1.82) is 0 Å². The molecule has 2 aliphatic heterocycles. The molecule has 9 nitrogen and oxygen atoms in total. The van der Waals surface area contributed by atoms with E-state index in [2.05, 4.69) is 44.4 Å². The smallest absolute Gasteiger partial charge is 0.240 e. The van der Waals surface area contributed by atoms with Crippen molar-refractivity contribution in [3.8, 4) is 0 Å². The lowest BCUT2D eigenvalue weighted by Gasteiger charge is -2.40. The molecule has 0 aliphatic carbocycles. The summed E-state index contributed by atoms with van der Waals surface area (Å²) in [7, 11) is 1.84. The summed E-state index contributed by atoms with van der Waals surface area (Å²) in [4.78, 5) is 23.9. The van der Waals surface area contributed by atoms with Gasteiger partial charge in [-0.25, -0.2) is 0 Å². The summed E-state index contributed by atoms with van der Waals surface area (Å²) < 4.78 is 1.70. The number of rotatable bonds is 1. The highest BCUT2D eigenvalue weighted by Gasteiger charge is 2.44. The number of nitrogen functional groups attached to an aromatic ring is 1. The number of fused-ring (bicyclic) bond motifs is 1. The molecule has 4 rings (SSSR count). The summed E-state index contributed by atoms with van der Waals surface area (Å²) in [5, 5.41) is 11.6. The number of amides is 1. The maximum Gasteiger partial charge on any atom is 0.240 e. The Kier molecular flexibility index (Phi) is 3.80. The molecular weight excluding hydrogens is 332 g/mol. The average molecular weight is 358 g/mol. The minimum Gasteiger partial charge on any atom is -0.383 e. The third-order valence-electron chi connectivity index (χ3n) is 5.58. The van der Waals surface area contributed by atoms with Gasteiger partial charge < -0.3 is 21.3 Å². The zero-order valence-electron chi connectivity index (χ0n) is 15.5. The van der Waals surface area contributed by atoms with Gasteiger partial charge in [-0.3, -0.25) is 9.48 Å². The molecule has 26 heavy (non-hydrogen) atoms. The number of nitrogens with one attached hydrogen (secondary N) is 2. The zero-order valence-corrected chi connectivity index (χ0v) is 15.5. The predicted octanol–water partition coefficient (Wildman–Crippen LogP) is 0.0301. The molecule has 140 valence electrons. The van der Waals surface area contributed by atoms with Crippen molar-refractivity contribution in [2.24, 2.45) is 12.5 Å². The maximum atomic E-state index is 12.7. The molecule has 0 atom stereocenters. The monoisotopic (exact) mass is 358 g/mol. The van der Waals surface area contributed by atoms with Crippen molar-refractivity contribution in [2.75, 3.05) is 36.8 Å². The van der Waals surface area contributed by atoms with Crippen LogP contribution in [0.2, 0.25) is 0 Å². The summed E-state index contributed by atoms with van der Waals surface area (Å²) >= 11 is 0. The van der Waals surface area contributed by atoms with Gasteiger partial charge in [-0.15, -0.1) is 0 Å². The van der Waals surface area contributed by atoms with E-state index in [0.29, 0.717) is 44.2 Å². The standard InChI is InChI=1S/C17H26N8O/c1-16(2)9-19-14(26)17(20-10-16)4-6-25(7-5-17)15-22-12(18)11-8-21-24(3)13(11)23-15/h8,20H,4-7,9-10H2,1-3H3,(H,19,26)(H2,18,22,23). The lowest BCUT2D eigenvalue weighted by molar-refractivity contribution is -0.127. The van der Waals surface area contributed by atoms with E-state index in [0.717, 1.165) is 17.6 Å². The third kappa shape index (κ3) is 2.76. The van der Waals surface area contributed by atoms with E-state index in [4.69, 9.17) is 5.73 Å². The van der Waals surface area contributed by atoms with Gasteiger partial charge in [0.25, 0.3) is 0 Å². The van der Waals surface area contributed by atoms with Gasteiger partial charge in [-0.05, 0) is 18.3 Å². The second-order valence-corrected chi connectivity index (χ2v) is 8.18. The first kappa shape index (κ1) is 17.0. The normalized spacial score (nSPS) is 22.4. The lowest BCUT2D eigenvalue weighted by Crippen LogP contribution is -2.60. The number of hydrogen-bond donors (Lipinski definition) is 3. The molecular formula is C17H26N8O. The molecule has 2 aliphatic rings. The zero-order chi connectivity index (χ0) is 18.5. The van der Waals surface area contributed by atoms with Gasteiger partial charge in [0.1, 0.15) is 11.4 Å². The molecule has 0 radical (unpaired) electrons. The molecule has 2 aromatic rings. The first-order chi connectivity index (χ1) is 12.3. The Morgan fingerprint density at radius 2 is 1.92 bits per heavy atom. The van der Waals surface area contributed by atoms with Crippen LogP contribution >= 0.6 is 0 Å². The number of aryl methyl sites for hydroxylation is 1. The van der Waals surface area contributed by atoms with Gasteiger partial charge in [-0.1, -0.05) is 13.8 Å². The van der Waals surface area contributed by atoms with Crippen molar-refractivity contribution in [2.45, 2.75) is 32.2 Å². The van der Waals surface area contributed by atoms with Gasteiger partial charge in [-0.2, -0.15) is 15.1 Å². The summed E-state index contributed by atoms with van der Waals surface area (Å²) in [5.74, 6) is 1.14. The molecule has 2 saturated heterocycles. The SMILES string of the molecule is Cn1ncc2c(N)nc(N3CCC4(CC3)NCC(C)(C)CNC4=O)nc21. The summed E-state index contributed by atoms with van der Waals surface area (Å²) in [5.41, 5.74) is 6.35. The minimum absolute atomic E-state index is 0.0540. The van der Waals surface area contributed by atoms with E-state index in [-0.39, 0.29) is 11.3 Å². The first-order valence-electron chi connectivity index (χ1n) is 9.03. The van der Waals surface area contributed by atoms with Crippen LogP contribution in [0.5, 0.6) is 0 Å². The summed E-state index contributed by atoms with van der Waals surface area (Å²) in [6.07, 6.45) is 3.10. The molecule has 0 saturated carbocycles. The minimum atomic E-state index is -0.507. The van der Waals surface area contributed by atoms with Crippen LogP contribution < -0.4 is 21.3 Å². The number of piperidine rings is 1. The Hall–Kier alpha value is -2.42. The number of hydrogen-bond acceptors (Lipinski definition) is 7. The van der Waals surface area contributed by atoms with Gasteiger partial charge in [0, 0.05) is 33.2 Å². The van der Waals surface area contributed by atoms with E-state index >= 15 is 0 Å². The Morgan fingerprint density at radius 1 is 1.19 bits per heavy atom. The van der Waals surface area contributed by atoms with Gasteiger partial charge in [0.15, 0.2) is 5.65 Å². The molecule has 0 unspecified atom stereocenters. The van der Waals surface area contributed by atoms with E-state index in [1.54, 1.807) is 10.9 Å². The van der Waals surface area contributed by atoms with Crippen LogP contribution in [0.15, 0.2) is 6.20 Å². The van der Waals surface area contributed by atoms with Gasteiger partial charge in [0.2, 0.25) is 11.9 Å². The number of aromatic nitrogens is 4. The van der Waals surface area contributed by atoms with Crippen LogP contribution in [0, 0.1) is 5.41 Å².